The van der Waals surface area contributed by atoms with E-state index >= 15 is 0 Å². The number of nitrogens with zero attached hydrogens (tertiary/aromatic N) is 3. The van der Waals surface area contributed by atoms with E-state index in [0.717, 1.165) is 18.7 Å². The molecular weight excluding hydrogens is 228 g/mol. The maximum absolute atomic E-state index is 5.58. The monoisotopic (exact) mass is 246 g/mol. The van der Waals surface area contributed by atoms with Gasteiger partial charge in [0, 0.05) is 18.7 Å². The van der Waals surface area contributed by atoms with Crippen molar-refractivity contribution in [1.29, 1.82) is 0 Å². The molecule has 0 aliphatic rings. The van der Waals surface area contributed by atoms with Crippen LogP contribution in [0.5, 0.6) is 0 Å². The predicted octanol–water partition coefficient (Wildman–Crippen LogP) is 1.39. The Balaban J connectivity index is 1.87. The summed E-state index contributed by atoms with van der Waals surface area (Å²) in [4.78, 5) is 2.12. The van der Waals surface area contributed by atoms with Crippen molar-refractivity contribution < 1.29 is 4.42 Å². The molecule has 0 amide bonds. The number of likely N-dealkylation sites (N-methyl/N-ethyl adjacent to an activating group) is 1. The molecule has 2 rings (SSSR count). The van der Waals surface area contributed by atoms with Crippen LogP contribution in [0.25, 0.3) is 11.5 Å². The minimum atomic E-state index is 0.569. The van der Waals surface area contributed by atoms with Crippen molar-refractivity contribution >= 4 is 0 Å². The quantitative estimate of drug-likeness (QED) is 0.781. The lowest BCUT2D eigenvalue weighted by molar-refractivity contribution is 0.390. The summed E-state index contributed by atoms with van der Waals surface area (Å²) >= 11 is 0. The molecule has 0 saturated carbocycles. The summed E-state index contributed by atoms with van der Waals surface area (Å²) in [5, 5.41) is 11.3. The summed E-state index contributed by atoms with van der Waals surface area (Å²) in [6.45, 7) is 2.49. The average molecular weight is 246 g/mol. The molecule has 0 fully saturated rings. The highest BCUT2D eigenvalue weighted by molar-refractivity contribution is 5.51. The Kier molecular flexibility index (Phi) is 4.44. The SMILES string of the molecule is CN(C)CCNCc1nnc(-c2ccccc2)o1. The van der Waals surface area contributed by atoms with Crippen LogP contribution in [0.4, 0.5) is 0 Å². The summed E-state index contributed by atoms with van der Waals surface area (Å²) in [6.07, 6.45) is 0. The summed E-state index contributed by atoms with van der Waals surface area (Å²) in [7, 11) is 4.09. The Labute approximate surface area is 107 Å². The van der Waals surface area contributed by atoms with Crippen LogP contribution in [0, 0.1) is 0 Å². The van der Waals surface area contributed by atoms with Gasteiger partial charge in [-0.2, -0.15) is 0 Å². The summed E-state index contributed by atoms with van der Waals surface area (Å²) in [5.41, 5.74) is 0.949. The second-order valence-corrected chi connectivity index (χ2v) is 4.35. The van der Waals surface area contributed by atoms with Crippen LogP contribution in [-0.4, -0.2) is 42.3 Å². The highest BCUT2D eigenvalue weighted by Crippen LogP contribution is 2.16. The van der Waals surface area contributed by atoms with Crippen LogP contribution >= 0.6 is 0 Å². The fourth-order valence-corrected chi connectivity index (χ4v) is 1.52. The lowest BCUT2D eigenvalue weighted by Crippen LogP contribution is -2.26. The average Bonchev–Trinajstić information content (AvgIpc) is 2.84. The Bertz CT molecular complexity index is 467. The van der Waals surface area contributed by atoms with E-state index in [1.54, 1.807) is 0 Å². The molecule has 0 bridgehead atoms. The molecule has 5 nitrogen and oxygen atoms in total. The van der Waals surface area contributed by atoms with Crippen molar-refractivity contribution in [2.24, 2.45) is 0 Å². The zero-order valence-electron chi connectivity index (χ0n) is 10.8. The normalized spacial score (nSPS) is 11.1. The first-order valence-electron chi connectivity index (χ1n) is 5.99. The highest BCUT2D eigenvalue weighted by Gasteiger charge is 2.07. The standard InChI is InChI=1S/C13H18N4O/c1-17(2)9-8-14-10-12-15-16-13(18-12)11-6-4-3-5-7-11/h3-7,14H,8-10H2,1-2H3. The maximum Gasteiger partial charge on any atom is 0.247 e. The third-order valence-electron chi connectivity index (χ3n) is 2.50. The second-order valence-electron chi connectivity index (χ2n) is 4.35. The highest BCUT2D eigenvalue weighted by atomic mass is 16.4. The molecule has 1 aromatic heterocycles. The molecule has 0 aliphatic carbocycles. The topological polar surface area (TPSA) is 54.2 Å². The number of nitrogens with one attached hydrogen (secondary N) is 1. The Morgan fingerprint density at radius 3 is 2.67 bits per heavy atom. The first kappa shape index (κ1) is 12.7. The summed E-state index contributed by atoms with van der Waals surface area (Å²) in [6, 6.07) is 9.78. The molecule has 0 unspecified atom stereocenters. The number of hydrogen-bond donors (Lipinski definition) is 1. The number of aromatic nitrogens is 2. The van der Waals surface area contributed by atoms with Crippen LogP contribution in [0.3, 0.4) is 0 Å². The smallest absolute Gasteiger partial charge is 0.247 e. The van der Waals surface area contributed by atoms with Gasteiger partial charge in [0.05, 0.1) is 6.54 Å². The molecule has 0 atom stereocenters. The molecule has 0 radical (unpaired) electrons. The molecule has 1 N–H and O–H groups in total. The van der Waals surface area contributed by atoms with Crippen molar-refractivity contribution in [3.8, 4) is 11.5 Å². The zero-order valence-corrected chi connectivity index (χ0v) is 10.8. The summed E-state index contributed by atoms with van der Waals surface area (Å²) in [5.74, 6) is 1.19. The van der Waals surface area contributed by atoms with Crippen molar-refractivity contribution in [1.82, 2.24) is 20.4 Å². The Morgan fingerprint density at radius 1 is 1.17 bits per heavy atom. The molecule has 18 heavy (non-hydrogen) atoms. The molecule has 1 aromatic carbocycles. The second kappa shape index (κ2) is 6.28. The van der Waals surface area contributed by atoms with Crippen molar-refractivity contribution in [2.45, 2.75) is 6.54 Å². The minimum Gasteiger partial charge on any atom is -0.419 e. The van der Waals surface area contributed by atoms with Gasteiger partial charge in [-0.3, -0.25) is 0 Å². The predicted molar refractivity (Wildman–Crippen MR) is 70.0 cm³/mol. The third-order valence-corrected chi connectivity index (χ3v) is 2.50. The number of hydrogen-bond acceptors (Lipinski definition) is 5. The first-order valence-corrected chi connectivity index (χ1v) is 5.99. The molecule has 0 aliphatic heterocycles. The van der Waals surface area contributed by atoms with Crippen LogP contribution in [0.1, 0.15) is 5.89 Å². The van der Waals surface area contributed by atoms with Gasteiger partial charge in [-0.25, -0.2) is 0 Å². The molecule has 0 saturated heterocycles. The van der Waals surface area contributed by atoms with E-state index in [2.05, 4.69) is 20.4 Å². The largest absolute Gasteiger partial charge is 0.419 e. The van der Waals surface area contributed by atoms with Crippen LogP contribution in [0.2, 0.25) is 0 Å². The number of benzene rings is 1. The van der Waals surface area contributed by atoms with Crippen LogP contribution in [-0.2, 0) is 6.54 Å². The van der Waals surface area contributed by atoms with E-state index in [1.807, 2.05) is 44.4 Å². The van der Waals surface area contributed by atoms with Gasteiger partial charge in [0.1, 0.15) is 0 Å². The first-order chi connectivity index (χ1) is 8.75. The molecule has 0 spiro atoms. The van der Waals surface area contributed by atoms with Gasteiger partial charge in [0.25, 0.3) is 0 Å². The minimum absolute atomic E-state index is 0.569. The van der Waals surface area contributed by atoms with E-state index < -0.39 is 0 Å². The lowest BCUT2D eigenvalue weighted by atomic mass is 10.2. The molecule has 96 valence electrons. The molecular formula is C13H18N4O. The zero-order chi connectivity index (χ0) is 12.8. The van der Waals surface area contributed by atoms with Gasteiger partial charge >= 0.3 is 0 Å². The van der Waals surface area contributed by atoms with E-state index in [-0.39, 0.29) is 0 Å². The van der Waals surface area contributed by atoms with Gasteiger partial charge in [-0.05, 0) is 26.2 Å². The van der Waals surface area contributed by atoms with E-state index in [9.17, 15) is 0 Å². The third kappa shape index (κ3) is 3.65. The van der Waals surface area contributed by atoms with Crippen molar-refractivity contribution in [3.63, 3.8) is 0 Å². The van der Waals surface area contributed by atoms with E-state index in [0.29, 0.717) is 18.3 Å². The Morgan fingerprint density at radius 2 is 1.94 bits per heavy atom. The number of rotatable bonds is 6. The van der Waals surface area contributed by atoms with E-state index in [4.69, 9.17) is 4.42 Å². The van der Waals surface area contributed by atoms with Crippen molar-refractivity contribution in [3.05, 3.63) is 36.2 Å². The fraction of sp³-hybridized carbons (Fsp3) is 0.385. The van der Waals surface area contributed by atoms with Gasteiger partial charge < -0.3 is 14.6 Å². The summed E-state index contributed by atoms with van der Waals surface area (Å²) < 4.78 is 5.58. The Hall–Kier alpha value is -1.72. The lowest BCUT2D eigenvalue weighted by Gasteiger charge is -2.08. The maximum atomic E-state index is 5.58. The molecule has 1 heterocycles. The molecule has 5 heteroatoms. The van der Waals surface area contributed by atoms with Gasteiger partial charge in [-0.1, -0.05) is 18.2 Å². The fourth-order valence-electron chi connectivity index (χ4n) is 1.52. The van der Waals surface area contributed by atoms with Gasteiger partial charge in [0.2, 0.25) is 11.8 Å². The van der Waals surface area contributed by atoms with Crippen molar-refractivity contribution in [2.75, 3.05) is 27.2 Å². The van der Waals surface area contributed by atoms with Crippen LogP contribution < -0.4 is 5.32 Å². The molecule has 2 aromatic rings. The van der Waals surface area contributed by atoms with Gasteiger partial charge in [-0.15, -0.1) is 10.2 Å². The van der Waals surface area contributed by atoms with Crippen LogP contribution in [0.15, 0.2) is 34.7 Å². The van der Waals surface area contributed by atoms with Gasteiger partial charge in [0.15, 0.2) is 0 Å². The van der Waals surface area contributed by atoms with E-state index in [1.165, 1.54) is 0 Å².